The maximum Gasteiger partial charge on any atom is 0.491 e. The average Bonchev–Trinajstić information content (AvgIpc) is 3.28. The second-order valence-electron chi connectivity index (χ2n) is 6.40. The third-order valence-corrected chi connectivity index (χ3v) is 4.50. The van der Waals surface area contributed by atoms with Crippen molar-refractivity contribution in [2.45, 2.75) is 44.5 Å². The highest BCUT2D eigenvalue weighted by Gasteiger charge is 2.37. The van der Waals surface area contributed by atoms with E-state index in [4.69, 9.17) is 10.4 Å². The zero-order chi connectivity index (χ0) is 20.0. The summed E-state index contributed by atoms with van der Waals surface area (Å²) in [4.78, 5) is 10.2. The summed E-state index contributed by atoms with van der Waals surface area (Å²) in [6.07, 6.45) is -1.39. The second-order valence-corrected chi connectivity index (χ2v) is 6.40. The molecule has 0 aromatic heterocycles. The SMILES string of the molecule is CNc1ccc2c(c1)B(O)OC2.N/C(C=O)=C(\NC1CCCC1)C(F)(F)F. The van der Waals surface area contributed by atoms with Crippen molar-refractivity contribution < 1.29 is 27.6 Å². The molecule has 1 saturated carbocycles. The molecule has 0 saturated heterocycles. The largest absolute Gasteiger partial charge is 0.491 e. The summed E-state index contributed by atoms with van der Waals surface area (Å²) in [5, 5.41) is 14.7. The number of fused-ring (bicyclic) bond motifs is 1. The number of anilines is 1. The van der Waals surface area contributed by atoms with Crippen LogP contribution in [0.4, 0.5) is 18.9 Å². The summed E-state index contributed by atoms with van der Waals surface area (Å²) in [6.45, 7) is 0.514. The van der Waals surface area contributed by atoms with Crippen LogP contribution in [-0.2, 0) is 16.1 Å². The summed E-state index contributed by atoms with van der Waals surface area (Å²) in [5.74, 6) is 0. The molecule has 10 heteroatoms. The predicted molar refractivity (Wildman–Crippen MR) is 97.1 cm³/mol. The molecule has 0 amide bonds. The molecule has 1 aliphatic carbocycles. The highest BCUT2D eigenvalue weighted by molar-refractivity contribution is 6.61. The molecule has 1 fully saturated rings. The van der Waals surface area contributed by atoms with Gasteiger partial charge in [-0.15, -0.1) is 0 Å². The second kappa shape index (κ2) is 9.14. The van der Waals surface area contributed by atoms with E-state index in [-0.39, 0.29) is 12.3 Å². The van der Waals surface area contributed by atoms with Gasteiger partial charge in [0.15, 0.2) is 6.29 Å². The number of carbonyl (C=O) groups is 1. The fourth-order valence-electron chi connectivity index (χ4n) is 3.03. The van der Waals surface area contributed by atoms with Gasteiger partial charge in [-0.3, -0.25) is 4.79 Å². The van der Waals surface area contributed by atoms with Gasteiger partial charge in [0.2, 0.25) is 0 Å². The summed E-state index contributed by atoms with van der Waals surface area (Å²) in [7, 11) is 1.11. The maximum atomic E-state index is 12.5. The van der Waals surface area contributed by atoms with E-state index in [1.54, 1.807) is 0 Å². The van der Waals surface area contributed by atoms with E-state index in [9.17, 15) is 23.0 Å². The molecule has 1 aliphatic heterocycles. The molecule has 0 unspecified atom stereocenters. The first kappa shape index (κ1) is 21.1. The van der Waals surface area contributed by atoms with E-state index < -0.39 is 24.7 Å². The number of halogens is 3. The number of rotatable bonds is 4. The van der Waals surface area contributed by atoms with Crippen LogP contribution in [0.2, 0.25) is 0 Å². The van der Waals surface area contributed by atoms with Crippen LogP contribution >= 0.6 is 0 Å². The quantitative estimate of drug-likeness (QED) is 0.356. The molecule has 0 atom stereocenters. The molecule has 0 spiro atoms. The lowest BCUT2D eigenvalue weighted by Gasteiger charge is -2.19. The summed E-state index contributed by atoms with van der Waals surface area (Å²) < 4.78 is 42.4. The molecule has 148 valence electrons. The van der Waals surface area contributed by atoms with E-state index in [2.05, 4.69) is 10.6 Å². The fourth-order valence-corrected chi connectivity index (χ4v) is 3.03. The molecule has 1 aromatic rings. The maximum absolute atomic E-state index is 12.5. The van der Waals surface area contributed by atoms with Crippen molar-refractivity contribution in [1.29, 1.82) is 0 Å². The van der Waals surface area contributed by atoms with Gasteiger partial charge >= 0.3 is 13.3 Å². The number of nitrogens with one attached hydrogen (secondary N) is 2. The Hall–Kier alpha value is -2.20. The molecular weight excluding hydrogens is 362 g/mol. The Bertz CT molecular complexity index is 692. The monoisotopic (exact) mass is 385 g/mol. The Balaban J connectivity index is 0.000000198. The molecular formula is C17H23BF3N3O3. The minimum Gasteiger partial charge on any atom is -0.423 e. The summed E-state index contributed by atoms with van der Waals surface area (Å²) >= 11 is 0. The van der Waals surface area contributed by atoms with Crippen molar-refractivity contribution in [3.8, 4) is 0 Å². The zero-order valence-electron chi connectivity index (χ0n) is 15.0. The minimum atomic E-state index is -4.59. The molecule has 6 nitrogen and oxygen atoms in total. The van der Waals surface area contributed by atoms with Gasteiger partial charge in [-0.05, 0) is 36.0 Å². The number of benzene rings is 1. The van der Waals surface area contributed by atoms with Crippen LogP contribution in [0.5, 0.6) is 0 Å². The van der Waals surface area contributed by atoms with Gasteiger partial charge in [0.1, 0.15) is 11.4 Å². The van der Waals surface area contributed by atoms with Crippen LogP contribution in [0.3, 0.4) is 0 Å². The molecule has 0 radical (unpaired) electrons. The molecule has 5 N–H and O–H groups in total. The van der Waals surface area contributed by atoms with Crippen molar-refractivity contribution in [1.82, 2.24) is 5.32 Å². The molecule has 27 heavy (non-hydrogen) atoms. The molecule has 1 heterocycles. The molecule has 0 bridgehead atoms. The van der Waals surface area contributed by atoms with Gasteiger partial charge in [-0.2, -0.15) is 13.2 Å². The van der Waals surface area contributed by atoms with E-state index in [1.165, 1.54) is 0 Å². The number of nitrogens with two attached hydrogens (primary N) is 1. The van der Waals surface area contributed by atoms with Crippen LogP contribution < -0.4 is 21.8 Å². The van der Waals surface area contributed by atoms with Gasteiger partial charge < -0.3 is 26.0 Å². The molecule has 1 aromatic carbocycles. The fraction of sp³-hybridized carbons (Fsp3) is 0.471. The van der Waals surface area contributed by atoms with Crippen LogP contribution in [0.25, 0.3) is 0 Å². The van der Waals surface area contributed by atoms with Crippen LogP contribution in [0.1, 0.15) is 31.2 Å². The van der Waals surface area contributed by atoms with Crippen molar-refractivity contribution in [3.05, 3.63) is 35.2 Å². The Morgan fingerprint density at radius 2 is 2.04 bits per heavy atom. The molecule has 2 aliphatic rings. The number of hydrogen-bond acceptors (Lipinski definition) is 6. The lowest BCUT2D eigenvalue weighted by molar-refractivity contribution is -0.109. The minimum absolute atomic E-state index is 0.0186. The van der Waals surface area contributed by atoms with Gasteiger partial charge in [0.25, 0.3) is 0 Å². The lowest BCUT2D eigenvalue weighted by Crippen LogP contribution is -2.36. The summed E-state index contributed by atoms with van der Waals surface area (Å²) in [5.41, 5.74) is 6.07. The number of allylic oxidation sites excluding steroid dienone is 2. The van der Waals surface area contributed by atoms with Crippen LogP contribution in [-0.4, -0.2) is 37.7 Å². The van der Waals surface area contributed by atoms with E-state index >= 15 is 0 Å². The first-order valence-electron chi connectivity index (χ1n) is 8.65. The number of hydrogen-bond donors (Lipinski definition) is 4. The normalized spacial score (nSPS) is 17.6. The van der Waals surface area contributed by atoms with Crippen molar-refractivity contribution >= 4 is 24.6 Å². The Labute approximate surface area is 156 Å². The number of alkyl halides is 3. The highest BCUT2D eigenvalue weighted by Crippen LogP contribution is 2.27. The standard InChI is InChI=1S/C9H13F3N2O.C8H10BNO2/c10-9(11,12)8(7(13)5-15)14-6-3-1-2-4-6;1-10-7-3-2-6-5-12-9(11)8(6)4-7/h5-6,14H,1-4,13H2;2-4,10-11H,5H2,1H3/b8-7-;. The third-order valence-electron chi connectivity index (χ3n) is 4.50. The van der Waals surface area contributed by atoms with Crippen molar-refractivity contribution in [2.75, 3.05) is 12.4 Å². The van der Waals surface area contributed by atoms with Crippen LogP contribution in [0, 0.1) is 0 Å². The van der Waals surface area contributed by atoms with Gasteiger partial charge in [-0.1, -0.05) is 18.9 Å². The first-order chi connectivity index (χ1) is 12.8. The smallest absolute Gasteiger partial charge is 0.423 e. The molecule has 3 rings (SSSR count). The van der Waals surface area contributed by atoms with E-state index in [1.807, 2.05) is 25.2 Å². The van der Waals surface area contributed by atoms with Gasteiger partial charge in [-0.25, -0.2) is 0 Å². The number of carbonyl (C=O) groups excluding carboxylic acids is 1. The predicted octanol–water partition coefficient (Wildman–Crippen LogP) is 1.40. The van der Waals surface area contributed by atoms with Crippen molar-refractivity contribution in [3.63, 3.8) is 0 Å². The highest BCUT2D eigenvalue weighted by atomic mass is 19.4. The first-order valence-corrected chi connectivity index (χ1v) is 8.65. The van der Waals surface area contributed by atoms with E-state index in [0.29, 0.717) is 19.4 Å². The van der Waals surface area contributed by atoms with Gasteiger partial charge in [0, 0.05) is 18.8 Å². The topological polar surface area (TPSA) is 96.6 Å². The zero-order valence-corrected chi connectivity index (χ0v) is 15.0. The lowest BCUT2D eigenvalue weighted by atomic mass is 9.79. The van der Waals surface area contributed by atoms with Gasteiger partial charge in [0.05, 0.1) is 6.61 Å². The third kappa shape index (κ3) is 5.64. The Morgan fingerprint density at radius 3 is 2.59 bits per heavy atom. The summed E-state index contributed by atoms with van der Waals surface area (Å²) in [6, 6.07) is 5.63. The number of aldehydes is 1. The average molecular weight is 385 g/mol. The van der Waals surface area contributed by atoms with E-state index in [0.717, 1.165) is 29.6 Å². The Kier molecular flexibility index (Phi) is 7.15. The Morgan fingerprint density at radius 1 is 1.37 bits per heavy atom. The van der Waals surface area contributed by atoms with Crippen molar-refractivity contribution in [2.24, 2.45) is 5.73 Å². The van der Waals surface area contributed by atoms with Crippen LogP contribution in [0.15, 0.2) is 29.6 Å².